The lowest BCUT2D eigenvalue weighted by Gasteiger charge is -2.17. The van der Waals surface area contributed by atoms with E-state index in [1.54, 1.807) is 0 Å². The number of carbonyl (C=O) groups excluding carboxylic acids is 2. The fraction of sp³-hybridized carbons (Fsp3) is 0.529. The summed E-state index contributed by atoms with van der Waals surface area (Å²) >= 11 is 0. The molecule has 0 radical (unpaired) electrons. The van der Waals surface area contributed by atoms with E-state index >= 15 is 0 Å². The highest BCUT2D eigenvalue weighted by Crippen LogP contribution is 2.26. The number of halogens is 3. The van der Waals surface area contributed by atoms with Gasteiger partial charge in [-0.15, -0.1) is 0 Å². The average Bonchev–Trinajstić information content (AvgIpc) is 2.92. The van der Waals surface area contributed by atoms with Gasteiger partial charge in [0.25, 0.3) is 0 Å². The zero-order chi connectivity index (χ0) is 17.7. The summed E-state index contributed by atoms with van der Waals surface area (Å²) < 4.78 is 36.5. The standard InChI is InChI=1S/C17H21F3N2O2/c1-2-3-4-12-5-7-14(8-6-12)22-10-13(9-15(22)23)16(24)21-11-17(18,19)20/h5-8,13H,2-4,9-11H2,1H3,(H,21,24). The molecule has 1 atom stereocenters. The number of hydrogen-bond acceptors (Lipinski definition) is 2. The number of hydrogen-bond donors (Lipinski definition) is 1. The second kappa shape index (κ2) is 7.68. The molecule has 1 aliphatic heterocycles. The average molecular weight is 342 g/mol. The van der Waals surface area contributed by atoms with E-state index in [-0.39, 0.29) is 18.9 Å². The largest absolute Gasteiger partial charge is 0.405 e. The zero-order valence-electron chi connectivity index (χ0n) is 13.5. The number of aryl methyl sites for hydroxylation is 1. The van der Waals surface area contributed by atoms with Crippen molar-refractivity contribution in [3.05, 3.63) is 29.8 Å². The molecule has 132 valence electrons. The maximum Gasteiger partial charge on any atom is 0.405 e. The summed E-state index contributed by atoms with van der Waals surface area (Å²) in [7, 11) is 0. The second-order valence-electron chi connectivity index (χ2n) is 6.01. The summed E-state index contributed by atoms with van der Waals surface area (Å²) in [6.45, 7) is 0.848. The zero-order valence-corrected chi connectivity index (χ0v) is 13.5. The van der Waals surface area contributed by atoms with Gasteiger partial charge in [-0.25, -0.2) is 0 Å². The molecule has 2 rings (SSSR count). The number of benzene rings is 1. The number of amides is 2. The number of rotatable bonds is 6. The Morgan fingerprint density at radius 1 is 1.29 bits per heavy atom. The van der Waals surface area contributed by atoms with Crippen LogP contribution in [0.5, 0.6) is 0 Å². The van der Waals surface area contributed by atoms with E-state index in [1.165, 1.54) is 10.5 Å². The molecule has 1 fully saturated rings. The molecule has 1 aliphatic rings. The lowest BCUT2D eigenvalue weighted by molar-refractivity contribution is -0.140. The van der Waals surface area contributed by atoms with E-state index in [9.17, 15) is 22.8 Å². The highest BCUT2D eigenvalue weighted by atomic mass is 19.4. The lowest BCUT2D eigenvalue weighted by atomic mass is 10.1. The third-order valence-corrected chi connectivity index (χ3v) is 4.03. The van der Waals surface area contributed by atoms with Crippen molar-refractivity contribution in [1.82, 2.24) is 5.32 Å². The molecule has 1 aromatic rings. The molecule has 2 amide bonds. The van der Waals surface area contributed by atoms with Gasteiger partial charge in [0.1, 0.15) is 6.54 Å². The molecule has 1 aromatic carbocycles. The van der Waals surface area contributed by atoms with Gasteiger partial charge >= 0.3 is 6.18 Å². The van der Waals surface area contributed by atoms with Gasteiger partial charge in [0.05, 0.1) is 5.92 Å². The van der Waals surface area contributed by atoms with Gasteiger partial charge < -0.3 is 10.2 Å². The van der Waals surface area contributed by atoms with Crippen LogP contribution in [0.25, 0.3) is 0 Å². The lowest BCUT2D eigenvalue weighted by Crippen LogP contribution is -2.38. The summed E-state index contributed by atoms with van der Waals surface area (Å²) in [4.78, 5) is 25.3. The SMILES string of the molecule is CCCCc1ccc(N2CC(C(=O)NCC(F)(F)F)CC2=O)cc1. The van der Waals surface area contributed by atoms with Crippen LogP contribution in [0, 0.1) is 5.92 Å². The molecule has 0 bridgehead atoms. The highest BCUT2D eigenvalue weighted by molar-refractivity contribution is 6.00. The van der Waals surface area contributed by atoms with Gasteiger partial charge in [-0.2, -0.15) is 13.2 Å². The Morgan fingerprint density at radius 2 is 1.96 bits per heavy atom. The van der Waals surface area contributed by atoms with Crippen LogP contribution in [0.3, 0.4) is 0 Å². The Balaban J connectivity index is 1.95. The summed E-state index contributed by atoms with van der Waals surface area (Å²) in [6.07, 6.45) is -1.37. The van der Waals surface area contributed by atoms with Crippen LogP contribution >= 0.6 is 0 Å². The van der Waals surface area contributed by atoms with Crippen molar-refractivity contribution in [2.24, 2.45) is 5.92 Å². The molecular weight excluding hydrogens is 321 g/mol. The third-order valence-electron chi connectivity index (χ3n) is 4.03. The molecular formula is C17H21F3N2O2. The molecule has 1 heterocycles. The number of unbranched alkanes of at least 4 members (excludes halogenated alkanes) is 1. The summed E-state index contributed by atoms with van der Waals surface area (Å²) in [5.41, 5.74) is 1.85. The van der Waals surface area contributed by atoms with Gasteiger partial charge in [-0.3, -0.25) is 9.59 Å². The van der Waals surface area contributed by atoms with E-state index in [2.05, 4.69) is 6.92 Å². The van der Waals surface area contributed by atoms with Crippen molar-refractivity contribution >= 4 is 17.5 Å². The minimum Gasteiger partial charge on any atom is -0.347 e. The van der Waals surface area contributed by atoms with Crippen LogP contribution in [0.1, 0.15) is 31.7 Å². The van der Waals surface area contributed by atoms with Gasteiger partial charge in [-0.1, -0.05) is 25.5 Å². The third kappa shape index (κ3) is 4.97. The number of anilines is 1. The molecule has 0 aliphatic carbocycles. The maximum atomic E-state index is 12.2. The molecule has 1 unspecified atom stereocenters. The van der Waals surface area contributed by atoms with Crippen molar-refractivity contribution in [3.8, 4) is 0 Å². The molecule has 7 heteroatoms. The molecule has 1 saturated heterocycles. The van der Waals surface area contributed by atoms with Crippen molar-refractivity contribution < 1.29 is 22.8 Å². The molecule has 0 spiro atoms. The highest BCUT2D eigenvalue weighted by Gasteiger charge is 2.36. The second-order valence-corrected chi connectivity index (χ2v) is 6.01. The van der Waals surface area contributed by atoms with E-state index in [1.807, 2.05) is 29.6 Å². The normalized spacial score (nSPS) is 18.1. The fourth-order valence-corrected chi connectivity index (χ4v) is 2.69. The Bertz CT molecular complexity index is 584. The van der Waals surface area contributed by atoms with Crippen LogP contribution in [0.4, 0.5) is 18.9 Å². The maximum absolute atomic E-state index is 12.2. The van der Waals surface area contributed by atoms with Gasteiger partial charge in [0.15, 0.2) is 0 Å². The number of nitrogens with zero attached hydrogens (tertiary/aromatic N) is 1. The van der Waals surface area contributed by atoms with Gasteiger partial charge in [0.2, 0.25) is 11.8 Å². The van der Waals surface area contributed by atoms with E-state index in [4.69, 9.17) is 0 Å². The smallest absolute Gasteiger partial charge is 0.347 e. The van der Waals surface area contributed by atoms with Crippen molar-refractivity contribution in [2.45, 2.75) is 38.8 Å². The summed E-state index contributed by atoms with van der Waals surface area (Å²) in [5, 5.41) is 1.85. The minimum atomic E-state index is -4.45. The number of carbonyl (C=O) groups is 2. The first-order valence-corrected chi connectivity index (χ1v) is 8.04. The molecule has 24 heavy (non-hydrogen) atoms. The quantitative estimate of drug-likeness (QED) is 0.864. The molecule has 4 nitrogen and oxygen atoms in total. The predicted octanol–water partition coefficient (Wildman–Crippen LogP) is 3.06. The Hall–Kier alpha value is -2.05. The fourth-order valence-electron chi connectivity index (χ4n) is 2.69. The minimum absolute atomic E-state index is 0.0682. The number of alkyl halides is 3. The van der Waals surface area contributed by atoms with E-state index in [0.717, 1.165) is 19.3 Å². The molecule has 0 aromatic heterocycles. The predicted molar refractivity (Wildman–Crippen MR) is 84.6 cm³/mol. The Morgan fingerprint density at radius 3 is 2.54 bits per heavy atom. The summed E-state index contributed by atoms with van der Waals surface area (Å²) in [5.74, 6) is -1.73. The first-order chi connectivity index (χ1) is 11.3. The Labute approximate surface area is 139 Å². The van der Waals surface area contributed by atoms with E-state index < -0.39 is 24.5 Å². The molecule has 1 N–H and O–H groups in total. The molecule has 0 saturated carbocycles. The topological polar surface area (TPSA) is 49.4 Å². The number of nitrogens with one attached hydrogen (secondary N) is 1. The van der Waals surface area contributed by atoms with Gasteiger partial charge in [0, 0.05) is 18.7 Å². The van der Waals surface area contributed by atoms with E-state index in [0.29, 0.717) is 5.69 Å². The van der Waals surface area contributed by atoms with Gasteiger partial charge in [-0.05, 0) is 30.5 Å². The van der Waals surface area contributed by atoms with Crippen LogP contribution in [0.15, 0.2) is 24.3 Å². The van der Waals surface area contributed by atoms with Crippen molar-refractivity contribution in [2.75, 3.05) is 18.0 Å². The van der Waals surface area contributed by atoms with Crippen LogP contribution in [-0.2, 0) is 16.0 Å². The van der Waals surface area contributed by atoms with Crippen molar-refractivity contribution in [3.63, 3.8) is 0 Å². The first kappa shape index (κ1) is 18.3. The summed E-state index contributed by atoms with van der Waals surface area (Å²) in [6, 6.07) is 7.52. The monoisotopic (exact) mass is 342 g/mol. The first-order valence-electron chi connectivity index (χ1n) is 8.04. The Kier molecular flexibility index (Phi) is 5.85. The van der Waals surface area contributed by atoms with Crippen LogP contribution < -0.4 is 10.2 Å². The van der Waals surface area contributed by atoms with Crippen LogP contribution in [0.2, 0.25) is 0 Å². The van der Waals surface area contributed by atoms with Crippen molar-refractivity contribution in [1.29, 1.82) is 0 Å². The van der Waals surface area contributed by atoms with Crippen LogP contribution in [-0.4, -0.2) is 31.1 Å².